The van der Waals surface area contributed by atoms with Crippen molar-refractivity contribution < 1.29 is 28.8 Å². The van der Waals surface area contributed by atoms with Crippen molar-refractivity contribution in [3.63, 3.8) is 0 Å². The largest absolute Gasteiger partial charge is 0.497 e. The van der Waals surface area contributed by atoms with Gasteiger partial charge in [-0.05, 0) is 34.9 Å². The number of fused-ring (bicyclic) bond motifs is 1. The number of esters is 1. The number of carbonyl (C=O) groups excluding carboxylic acids is 1. The average molecular weight is 422 g/mol. The van der Waals surface area contributed by atoms with E-state index in [1.165, 1.54) is 6.08 Å². The fourth-order valence-corrected chi connectivity index (χ4v) is 3.80. The lowest BCUT2D eigenvalue weighted by Gasteiger charge is -2.15. The van der Waals surface area contributed by atoms with Gasteiger partial charge in [0.25, 0.3) is 0 Å². The molecular weight excluding hydrogens is 396 g/mol. The molecule has 6 nitrogen and oxygen atoms in total. The van der Waals surface area contributed by atoms with Crippen LogP contribution >= 0.6 is 0 Å². The third kappa shape index (κ3) is 5.22. The number of hydrogen-bond acceptors (Lipinski definition) is 6. The predicted molar refractivity (Wildman–Crippen MR) is 116 cm³/mol. The maximum absolute atomic E-state index is 12.3. The summed E-state index contributed by atoms with van der Waals surface area (Å²) in [5, 5.41) is 9.14. The minimum Gasteiger partial charge on any atom is -0.497 e. The van der Waals surface area contributed by atoms with Crippen LogP contribution in [0.25, 0.3) is 12.2 Å². The Balaban J connectivity index is 1.30. The van der Waals surface area contributed by atoms with Gasteiger partial charge < -0.3 is 24.1 Å². The first-order chi connectivity index (χ1) is 15.2. The second-order valence-electron chi connectivity index (χ2n) is 7.60. The summed E-state index contributed by atoms with van der Waals surface area (Å²) in [6, 6.07) is 15.1. The summed E-state index contributed by atoms with van der Waals surface area (Å²) in [7, 11) is 1.61. The van der Waals surface area contributed by atoms with Crippen LogP contribution in [0.15, 0.2) is 60.7 Å². The van der Waals surface area contributed by atoms with Crippen LogP contribution in [0.1, 0.15) is 16.7 Å². The Hall–Kier alpha value is -2.93. The van der Waals surface area contributed by atoms with Crippen LogP contribution in [0.5, 0.6) is 5.75 Å². The number of aliphatic hydroxyl groups excluding tert-OH is 1. The van der Waals surface area contributed by atoms with E-state index in [-0.39, 0.29) is 24.7 Å². The fraction of sp³-hybridized carbons (Fsp3) is 0.320. The van der Waals surface area contributed by atoms with E-state index >= 15 is 0 Å². The molecule has 31 heavy (non-hydrogen) atoms. The second-order valence-corrected chi connectivity index (χ2v) is 7.60. The van der Waals surface area contributed by atoms with E-state index in [4.69, 9.17) is 24.1 Å². The van der Waals surface area contributed by atoms with Crippen molar-refractivity contribution in [2.24, 2.45) is 5.92 Å². The van der Waals surface area contributed by atoms with Gasteiger partial charge in [-0.2, -0.15) is 0 Å². The van der Waals surface area contributed by atoms with Crippen molar-refractivity contribution in [3.05, 3.63) is 77.4 Å². The van der Waals surface area contributed by atoms with Gasteiger partial charge in [-0.1, -0.05) is 48.6 Å². The Labute approximate surface area is 181 Å². The summed E-state index contributed by atoms with van der Waals surface area (Å²) in [5.41, 5.74) is 2.81. The molecule has 4 rings (SSSR count). The highest BCUT2D eigenvalue weighted by molar-refractivity contribution is 5.87. The summed E-state index contributed by atoms with van der Waals surface area (Å²) >= 11 is 0. The van der Waals surface area contributed by atoms with E-state index in [9.17, 15) is 4.79 Å². The van der Waals surface area contributed by atoms with Gasteiger partial charge in [0.2, 0.25) is 0 Å². The molecule has 4 atom stereocenters. The van der Waals surface area contributed by atoms with E-state index in [2.05, 4.69) is 6.08 Å². The summed E-state index contributed by atoms with van der Waals surface area (Å²) in [6.45, 7) is 0.886. The Morgan fingerprint density at radius 2 is 1.68 bits per heavy atom. The van der Waals surface area contributed by atoms with Crippen LogP contribution in [0.3, 0.4) is 0 Å². The summed E-state index contributed by atoms with van der Waals surface area (Å²) in [5.74, 6) is 0.440. The van der Waals surface area contributed by atoms with E-state index in [1.807, 2.05) is 54.6 Å². The van der Waals surface area contributed by atoms with Crippen LogP contribution in [0, 0.1) is 5.92 Å². The number of rotatable bonds is 7. The van der Waals surface area contributed by atoms with E-state index in [1.54, 1.807) is 13.2 Å². The zero-order valence-electron chi connectivity index (χ0n) is 17.3. The summed E-state index contributed by atoms with van der Waals surface area (Å²) in [4.78, 5) is 12.3. The number of aliphatic hydroxyl groups is 1. The molecule has 0 radical (unpaired) electrons. The molecule has 6 heteroatoms. The molecule has 2 aliphatic heterocycles. The lowest BCUT2D eigenvalue weighted by Crippen LogP contribution is -2.32. The van der Waals surface area contributed by atoms with Crippen molar-refractivity contribution in [1.82, 2.24) is 0 Å². The third-order valence-electron chi connectivity index (χ3n) is 5.54. The molecule has 1 N–H and O–H groups in total. The van der Waals surface area contributed by atoms with E-state index < -0.39 is 12.1 Å². The Bertz CT molecular complexity index is 931. The average Bonchev–Trinajstić information content (AvgIpc) is 3.40. The molecule has 2 aromatic carbocycles. The monoisotopic (exact) mass is 422 g/mol. The van der Waals surface area contributed by atoms with Gasteiger partial charge >= 0.3 is 5.97 Å². The maximum Gasteiger partial charge on any atom is 0.331 e. The first kappa shape index (κ1) is 21.3. The molecule has 2 aliphatic rings. The molecule has 2 saturated heterocycles. The topological polar surface area (TPSA) is 74.2 Å². The Morgan fingerprint density at radius 1 is 1.00 bits per heavy atom. The molecule has 0 saturated carbocycles. The van der Waals surface area contributed by atoms with Gasteiger partial charge in [0.15, 0.2) is 6.10 Å². The zero-order valence-corrected chi connectivity index (χ0v) is 17.3. The highest BCUT2D eigenvalue weighted by atomic mass is 16.6. The van der Waals surface area contributed by atoms with Gasteiger partial charge in [0.1, 0.15) is 11.9 Å². The Kier molecular flexibility index (Phi) is 6.82. The number of hydrogen-bond donors (Lipinski definition) is 1. The summed E-state index contributed by atoms with van der Waals surface area (Å²) < 4.78 is 22.5. The lowest BCUT2D eigenvalue weighted by atomic mass is 9.99. The van der Waals surface area contributed by atoms with Gasteiger partial charge in [-0.15, -0.1) is 0 Å². The first-order valence-corrected chi connectivity index (χ1v) is 10.3. The molecule has 2 heterocycles. The SMILES string of the molecule is COc1ccc(/C=C/C(=O)O[C@@H]2CO[C@H]3[C@@H]2OC[C@@H]3C=Cc2ccc(CO)cc2)cc1. The van der Waals surface area contributed by atoms with Crippen molar-refractivity contribution in [1.29, 1.82) is 0 Å². The van der Waals surface area contributed by atoms with E-state index in [0.29, 0.717) is 13.2 Å². The third-order valence-corrected chi connectivity index (χ3v) is 5.54. The van der Waals surface area contributed by atoms with Crippen LogP contribution in [0.4, 0.5) is 0 Å². The van der Waals surface area contributed by atoms with Gasteiger partial charge in [-0.3, -0.25) is 0 Å². The molecule has 162 valence electrons. The summed E-state index contributed by atoms with van der Waals surface area (Å²) in [6.07, 6.45) is 6.42. The first-order valence-electron chi connectivity index (χ1n) is 10.3. The fourth-order valence-electron chi connectivity index (χ4n) is 3.80. The number of carbonyl (C=O) groups is 1. The maximum atomic E-state index is 12.3. The predicted octanol–water partition coefficient (Wildman–Crippen LogP) is 3.24. The molecule has 0 spiro atoms. The van der Waals surface area contributed by atoms with Crippen LogP contribution in [-0.4, -0.2) is 49.7 Å². The second kappa shape index (κ2) is 9.92. The molecule has 0 aromatic heterocycles. The molecular formula is C25H26O6. The van der Waals surface area contributed by atoms with Gasteiger partial charge in [0.05, 0.1) is 33.0 Å². The minimum absolute atomic E-state index is 0.0352. The van der Waals surface area contributed by atoms with Crippen molar-refractivity contribution in [2.45, 2.75) is 24.9 Å². The van der Waals surface area contributed by atoms with Crippen molar-refractivity contribution >= 4 is 18.1 Å². The van der Waals surface area contributed by atoms with Gasteiger partial charge in [-0.25, -0.2) is 4.79 Å². The lowest BCUT2D eigenvalue weighted by molar-refractivity contribution is -0.147. The Morgan fingerprint density at radius 3 is 2.39 bits per heavy atom. The standard InChI is InChI=1S/C25H26O6/c1-28-21-11-7-18(8-12-21)9-13-23(27)31-22-16-30-24-20(15-29-25(22)24)10-6-17-2-4-19(14-26)5-3-17/h2-13,20,22,24-26H,14-16H2,1H3/b10-6?,13-9+/t20-,22+,24+,25+/m0/s1. The smallest absolute Gasteiger partial charge is 0.331 e. The normalized spacial score (nSPS) is 25.2. The number of benzene rings is 2. The zero-order chi connectivity index (χ0) is 21.6. The quantitative estimate of drug-likeness (QED) is 0.546. The van der Waals surface area contributed by atoms with E-state index in [0.717, 1.165) is 22.4 Å². The van der Waals surface area contributed by atoms with Crippen LogP contribution < -0.4 is 4.74 Å². The van der Waals surface area contributed by atoms with Gasteiger partial charge in [0, 0.05) is 12.0 Å². The van der Waals surface area contributed by atoms with Crippen molar-refractivity contribution in [2.75, 3.05) is 20.3 Å². The highest BCUT2D eigenvalue weighted by Gasteiger charge is 2.48. The van der Waals surface area contributed by atoms with Crippen LogP contribution in [0.2, 0.25) is 0 Å². The number of methoxy groups -OCH3 is 1. The van der Waals surface area contributed by atoms with Crippen molar-refractivity contribution in [3.8, 4) is 5.75 Å². The molecule has 0 amide bonds. The highest BCUT2D eigenvalue weighted by Crippen LogP contribution is 2.34. The molecule has 2 fully saturated rings. The molecule has 2 aromatic rings. The molecule has 0 bridgehead atoms. The van der Waals surface area contributed by atoms with Crippen LogP contribution in [-0.2, 0) is 25.6 Å². The minimum atomic E-state index is -0.420. The number of ether oxygens (including phenoxy) is 4. The molecule has 0 unspecified atom stereocenters. The molecule has 0 aliphatic carbocycles.